The van der Waals surface area contributed by atoms with Crippen molar-refractivity contribution in [1.82, 2.24) is 4.98 Å². The maximum Gasteiger partial charge on any atom is 0.418 e. The molecule has 1 aromatic heterocycles. The van der Waals surface area contributed by atoms with E-state index in [0.29, 0.717) is 6.42 Å². The first kappa shape index (κ1) is 19.6. The van der Waals surface area contributed by atoms with Crippen LogP contribution in [-0.4, -0.2) is 23.5 Å². The standard InChI is InChI=1S/C18H16F4N4O2/c1-17(6-8-28-16(23)26-17)12-9-10(4-5-13(12)19)25-15(27)14-11(18(20,21)22)3-2-7-24-14/h2-5,7,9H,6,8H2,1H3,(H2,23,26)(H,25,27)/t17-/m0/s1. The molecule has 148 valence electrons. The first-order valence-electron chi connectivity index (χ1n) is 8.22. The number of aliphatic imine (C=N–C) groups is 1. The number of carbonyl (C=O) groups is 1. The lowest BCUT2D eigenvalue weighted by molar-refractivity contribution is -0.138. The second-order valence-corrected chi connectivity index (χ2v) is 6.37. The average Bonchev–Trinajstić information content (AvgIpc) is 2.62. The zero-order chi connectivity index (χ0) is 20.5. The summed E-state index contributed by atoms with van der Waals surface area (Å²) in [6.45, 7) is 1.87. The lowest BCUT2D eigenvalue weighted by Gasteiger charge is -2.30. The molecule has 0 bridgehead atoms. The Balaban J connectivity index is 1.93. The Morgan fingerprint density at radius 3 is 2.75 bits per heavy atom. The highest BCUT2D eigenvalue weighted by molar-refractivity contribution is 6.04. The van der Waals surface area contributed by atoms with Gasteiger partial charge in [0.2, 0.25) is 0 Å². The van der Waals surface area contributed by atoms with Gasteiger partial charge in [-0.1, -0.05) is 0 Å². The molecule has 2 heterocycles. The van der Waals surface area contributed by atoms with Gasteiger partial charge in [0, 0.05) is 23.9 Å². The van der Waals surface area contributed by atoms with E-state index in [0.717, 1.165) is 24.4 Å². The first-order chi connectivity index (χ1) is 13.1. The van der Waals surface area contributed by atoms with Crippen LogP contribution in [0, 0.1) is 5.82 Å². The minimum atomic E-state index is -4.74. The van der Waals surface area contributed by atoms with Crippen LogP contribution in [0.2, 0.25) is 0 Å². The number of amidine groups is 1. The molecule has 0 saturated carbocycles. The van der Waals surface area contributed by atoms with E-state index in [1.165, 1.54) is 12.1 Å². The van der Waals surface area contributed by atoms with Gasteiger partial charge in [-0.2, -0.15) is 13.2 Å². The lowest BCUT2D eigenvalue weighted by atomic mass is 9.88. The van der Waals surface area contributed by atoms with Crippen LogP contribution in [0.25, 0.3) is 0 Å². The van der Waals surface area contributed by atoms with Crippen molar-refractivity contribution in [2.75, 3.05) is 11.9 Å². The van der Waals surface area contributed by atoms with E-state index in [1.807, 2.05) is 0 Å². The summed E-state index contributed by atoms with van der Waals surface area (Å²) in [6.07, 6.45) is -3.32. The Labute approximate surface area is 157 Å². The Morgan fingerprint density at radius 1 is 1.32 bits per heavy atom. The molecule has 1 atom stereocenters. The zero-order valence-electron chi connectivity index (χ0n) is 14.7. The summed E-state index contributed by atoms with van der Waals surface area (Å²) in [5, 5.41) is 2.33. The van der Waals surface area contributed by atoms with Gasteiger partial charge in [-0.05, 0) is 37.3 Å². The smallest absolute Gasteiger partial charge is 0.418 e. The van der Waals surface area contributed by atoms with Gasteiger partial charge in [0.1, 0.15) is 11.5 Å². The Morgan fingerprint density at radius 2 is 2.07 bits per heavy atom. The summed E-state index contributed by atoms with van der Waals surface area (Å²) < 4.78 is 58.7. The number of hydrogen-bond acceptors (Lipinski definition) is 5. The van der Waals surface area contributed by atoms with Crippen LogP contribution in [0.15, 0.2) is 41.5 Å². The molecule has 0 aliphatic carbocycles. The summed E-state index contributed by atoms with van der Waals surface area (Å²) in [7, 11) is 0. The van der Waals surface area contributed by atoms with E-state index in [9.17, 15) is 22.4 Å². The molecule has 10 heteroatoms. The third kappa shape index (κ3) is 3.90. The average molecular weight is 396 g/mol. The number of nitrogens with two attached hydrogens (primary N) is 1. The lowest BCUT2D eigenvalue weighted by Crippen LogP contribution is -2.34. The number of halogens is 4. The van der Waals surface area contributed by atoms with Gasteiger partial charge >= 0.3 is 6.18 Å². The zero-order valence-corrected chi connectivity index (χ0v) is 14.7. The molecule has 0 radical (unpaired) electrons. The number of benzene rings is 1. The largest absolute Gasteiger partial charge is 0.465 e. The van der Waals surface area contributed by atoms with Crippen molar-refractivity contribution in [2.45, 2.75) is 25.1 Å². The first-order valence-corrected chi connectivity index (χ1v) is 8.22. The van der Waals surface area contributed by atoms with Crippen LogP contribution < -0.4 is 11.1 Å². The van der Waals surface area contributed by atoms with E-state index >= 15 is 0 Å². The maximum absolute atomic E-state index is 14.4. The van der Waals surface area contributed by atoms with Crippen molar-refractivity contribution in [1.29, 1.82) is 0 Å². The van der Waals surface area contributed by atoms with E-state index in [2.05, 4.69) is 15.3 Å². The monoisotopic (exact) mass is 396 g/mol. The van der Waals surface area contributed by atoms with Crippen LogP contribution in [0.4, 0.5) is 23.2 Å². The molecule has 0 unspecified atom stereocenters. The minimum absolute atomic E-state index is 0.0918. The molecular formula is C18H16F4N4O2. The number of nitrogens with one attached hydrogen (secondary N) is 1. The quantitative estimate of drug-likeness (QED) is 0.778. The van der Waals surface area contributed by atoms with Gasteiger partial charge in [-0.25, -0.2) is 9.38 Å². The van der Waals surface area contributed by atoms with Crippen molar-refractivity contribution in [3.63, 3.8) is 0 Å². The maximum atomic E-state index is 14.4. The molecule has 6 nitrogen and oxygen atoms in total. The van der Waals surface area contributed by atoms with Gasteiger partial charge < -0.3 is 15.8 Å². The van der Waals surface area contributed by atoms with Gasteiger partial charge in [-0.3, -0.25) is 9.78 Å². The fraction of sp³-hybridized carbons (Fsp3) is 0.278. The second kappa shape index (κ2) is 7.10. The van der Waals surface area contributed by atoms with Crippen molar-refractivity contribution in [3.05, 3.63) is 59.2 Å². The summed E-state index contributed by atoms with van der Waals surface area (Å²) in [4.78, 5) is 20.0. The number of anilines is 1. The molecule has 1 aliphatic heterocycles. The number of pyridine rings is 1. The van der Waals surface area contributed by atoms with Crippen molar-refractivity contribution in [2.24, 2.45) is 10.7 Å². The van der Waals surface area contributed by atoms with Crippen LogP contribution >= 0.6 is 0 Å². The van der Waals surface area contributed by atoms with Gasteiger partial charge in [-0.15, -0.1) is 0 Å². The van der Waals surface area contributed by atoms with Crippen LogP contribution in [0.3, 0.4) is 0 Å². The number of rotatable bonds is 3. The van der Waals surface area contributed by atoms with Gasteiger partial charge in [0.05, 0.1) is 17.7 Å². The highest BCUT2D eigenvalue weighted by Crippen LogP contribution is 2.35. The summed E-state index contributed by atoms with van der Waals surface area (Å²) >= 11 is 0. The number of carbonyl (C=O) groups excluding carboxylic acids is 1. The van der Waals surface area contributed by atoms with Crippen LogP contribution in [0.5, 0.6) is 0 Å². The number of amides is 1. The highest BCUT2D eigenvalue weighted by atomic mass is 19.4. The van der Waals surface area contributed by atoms with Crippen molar-refractivity contribution < 1.29 is 27.1 Å². The van der Waals surface area contributed by atoms with Crippen molar-refractivity contribution >= 4 is 17.6 Å². The molecule has 0 fully saturated rings. The van der Waals surface area contributed by atoms with E-state index in [4.69, 9.17) is 10.5 Å². The van der Waals surface area contributed by atoms with Gasteiger partial charge in [0.25, 0.3) is 11.9 Å². The molecule has 1 aromatic carbocycles. The third-order valence-corrected chi connectivity index (χ3v) is 4.33. The number of aromatic nitrogens is 1. The van der Waals surface area contributed by atoms with E-state index in [-0.39, 0.29) is 23.9 Å². The fourth-order valence-corrected chi connectivity index (χ4v) is 2.90. The Bertz CT molecular complexity index is 945. The fourth-order valence-electron chi connectivity index (χ4n) is 2.90. The molecule has 3 N–H and O–H groups in total. The molecule has 0 spiro atoms. The van der Waals surface area contributed by atoms with Crippen molar-refractivity contribution in [3.8, 4) is 0 Å². The number of ether oxygens (including phenoxy) is 1. The Kier molecular flexibility index (Phi) is 4.97. The summed E-state index contributed by atoms with van der Waals surface area (Å²) in [5.41, 5.74) is 2.83. The summed E-state index contributed by atoms with van der Waals surface area (Å²) in [5.74, 6) is -1.65. The second-order valence-electron chi connectivity index (χ2n) is 6.37. The summed E-state index contributed by atoms with van der Waals surface area (Å²) in [6, 6.07) is 5.41. The highest BCUT2D eigenvalue weighted by Gasteiger charge is 2.36. The molecule has 1 amide bonds. The van der Waals surface area contributed by atoms with Crippen LogP contribution in [0.1, 0.15) is 35.0 Å². The van der Waals surface area contributed by atoms with Gasteiger partial charge in [0.15, 0.2) is 0 Å². The number of alkyl halides is 3. The predicted octanol–water partition coefficient (Wildman–Crippen LogP) is 3.44. The normalized spacial score (nSPS) is 19.5. The van der Waals surface area contributed by atoms with Crippen LogP contribution in [-0.2, 0) is 16.5 Å². The third-order valence-electron chi connectivity index (χ3n) is 4.33. The predicted molar refractivity (Wildman–Crippen MR) is 93.1 cm³/mol. The number of nitrogens with zero attached hydrogens (tertiary/aromatic N) is 2. The molecule has 1 aliphatic rings. The SMILES string of the molecule is C[C@@]1(c2cc(NC(=O)c3ncccc3C(F)(F)F)ccc2F)CCOC(N)=N1. The molecule has 2 aromatic rings. The molecule has 28 heavy (non-hydrogen) atoms. The Hall–Kier alpha value is -3.17. The molecular weight excluding hydrogens is 380 g/mol. The molecule has 3 rings (SSSR count). The van der Waals surface area contributed by atoms with E-state index in [1.54, 1.807) is 6.92 Å². The number of hydrogen-bond donors (Lipinski definition) is 2. The topological polar surface area (TPSA) is 89.6 Å². The minimum Gasteiger partial charge on any atom is -0.465 e. The molecule has 0 saturated heterocycles. The van der Waals surface area contributed by atoms with E-state index < -0.39 is 34.7 Å².